The van der Waals surface area contributed by atoms with Crippen molar-refractivity contribution >= 4 is 35.5 Å². The predicted octanol–water partition coefficient (Wildman–Crippen LogP) is 0.511. The van der Waals surface area contributed by atoms with Gasteiger partial charge in [-0.2, -0.15) is 0 Å². The van der Waals surface area contributed by atoms with Gasteiger partial charge in [-0.3, -0.25) is 29.3 Å². The number of carbonyl (C=O) groups excluding carboxylic acids is 4. The second-order valence-electron chi connectivity index (χ2n) is 7.92. The maximum Gasteiger partial charge on any atom is 0.308 e. The molecule has 2 heterocycles. The Hall–Kier alpha value is -3.80. The number of hydrogen-bond donors (Lipinski definition) is 2. The number of nitro groups is 1. The Labute approximate surface area is 195 Å². The Morgan fingerprint density at radius 2 is 2.18 bits per heavy atom. The lowest BCUT2D eigenvalue weighted by molar-refractivity contribution is -0.384. The summed E-state index contributed by atoms with van der Waals surface area (Å²) in [5.74, 6) is -2.42. The standard InChI is InChI=1S/C22H26N4O8/c1-14(27)24-18(11-15-4-2-5-16(10-15)26(31)32)22(30)25-8-7-23-21(29)19(25)12-20(28)34-13-17-6-3-9-33-17/h2,4-5,10-11,17,19H,3,6-9,12-13H2,1H3,(H,23,29)(H,24,27)/b18-11-. The van der Waals surface area contributed by atoms with E-state index in [0.29, 0.717) is 12.2 Å². The number of piperazine rings is 1. The largest absolute Gasteiger partial charge is 0.463 e. The summed E-state index contributed by atoms with van der Waals surface area (Å²) < 4.78 is 10.6. The molecule has 3 rings (SSSR count). The van der Waals surface area contributed by atoms with Gasteiger partial charge < -0.3 is 25.0 Å². The summed E-state index contributed by atoms with van der Waals surface area (Å²) in [6.45, 7) is 2.15. The molecule has 2 aliphatic rings. The van der Waals surface area contributed by atoms with Crippen LogP contribution in [0.3, 0.4) is 0 Å². The number of benzene rings is 1. The molecule has 1 aromatic carbocycles. The summed E-state index contributed by atoms with van der Waals surface area (Å²) in [5.41, 5.74) is -0.0618. The summed E-state index contributed by atoms with van der Waals surface area (Å²) in [7, 11) is 0. The molecule has 34 heavy (non-hydrogen) atoms. The molecule has 2 aliphatic heterocycles. The monoisotopic (exact) mass is 474 g/mol. The third-order valence-corrected chi connectivity index (χ3v) is 5.34. The molecule has 0 bridgehead atoms. The summed E-state index contributed by atoms with van der Waals surface area (Å²) in [5, 5.41) is 16.1. The van der Waals surface area contributed by atoms with Crippen molar-refractivity contribution in [2.24, 2.45) is 0 Å². The number of hydrogen-bond acceptors (Lipinski definition) is 8. The molecule has 182 valence electrons. The highest BCUT2D eigenvalue weighted by Gasteiger charge is 2.36. The van der Waals surface area contributed by atoms with Gasteiger partial charge in [-0.25, -0.2) is 0 Å². The lowest BCUT2D eigenvalue weighted by Gasteiger charge is -2.35. The smallest absolute Gasteiger partial charge is 0.308 e. The molecule has 1 aromatic rings. The quantitative estimate of drug-likeness (QED) is 0.239. The number of nitrogens with one attached hydrogen (secondary N) is 2. The Morgan fingerprint density at radius 3 is 2.85 bits per heavy atom. The third kappa shape index (κ3) is 6.61. The van der Waals surface area contributed by atoms with E-state index in [1.165, 1.54) is 42.2 Å². The van der Waals surface area contributed by atoms with E-state index in [-0.39, 0.29) is 43.6 Å². The molecule has 2 unspecified atom stereocenters. The Morgan fingerprint density at radius 1 is 1.38 bits per heavy atom. The fourth-order valence-corrected chi connectivity index (χ4v) is 3.73. The molecule has 2 fully saturated rings. The van der Waals surface area contributed by atoms with Crippen LogP contribution in [0.1, 0.15) is 31.7 Å². The molecule has 0 saturated carbocycles. The number of nitrogens with zero attached hydrogens (tertiary/aromatic N) is 2. The summed E-state index contributed by atoms with van der Waals surface area (Å²) in [6, 6.07) is 4.38. The normalized spacial score (nSPS) is 20.4. The highest BCUT2D eigenvalue weighted by Crippen LogP contribution is 2.19. The lowest BCUT2D eigenvalue weighted by Crippen LogP contribution is -2.58. The van der Waals surface area contributed by atoms with Crippen molar-refractivity contribution in [3.05, 3.63) is 45.6 Å². The Balaban J connectivity index is 1.79. The minimum Gasteiger partial charge on any atom is -0.463 e. The molecular formula is C22H26N4O8. The van der Waals surface area contributed by atoms with E-state index in [0.717, 1.165) is 12.8 Å². The number of nitro benzene ring substituents is 1. The van der Waals surface area contributed by atoms with E-state index in [1.807, 2.05) is 0 Å². The van der Waals surface area contributed by atoms with Crippen LogP contribution in [0.4, 0.5) is 5.69 Å². The SMILES string of the molecule is CC(=O)N/C(=C\c1cccc([N+](=O)[O-])c1)C(=O)N1CCNC(=O)C1CC(=O)OCC1CCCO1. The van der Waals surface area contributed by atoms with Crippen molar-refractivity contribution in [1.82, 2.24) is 15.5 Å². The molecule has 0 spiro atoms. The Bertz CT molecular complexity index is 1000. The molecule has 2 atom stereocenters. The summed E-state index contributed by atoms with van der Waals surface area (Å²) >= 11 is 0. The fraction of sp³-hybridized carbons (Fsp3) is 0.455. The maximum absolute atomic E-state index is 13.3. The van der Waals surface area contributed by atoms with Gasteiger partial charge in [0, 0.05) is 38.8 Å². The number of ether oxygens (including phenoxy) is 2. The van der Waals surface area contributed by atoms with Gasteiger partial charge in [0.25, 0.3) is 11.6 Å². The van der Waals surface area contributed by atoms with Crippen LogP contribution >= 0.6 is 0 Å². The van der Waals surface area contributed by atoms with Crippen LogP contribution in [-0.4, -0.2) is 72.0 Å². The first-order valence-corrected chi connectivity index (χ1v) is 10.8. The van der Waals surface area contributed by atoms with E-state index in [2.05, 4.69) is 10.6 Å². The van der Waals surface area contributed by atoms with Gasteiger partial charge in [-0.05, 0) is 24.5 Å². The van der Waals surface area contributed by atoms with E-state index in [9.17, 15) is 29.3 Å². The molecular weight excluding hydrogens is 448 g/mol. The molecule has 2 N–H and O–H groups in total. The second-order valence-corrected chi connectivity index (χ2v) is 7.92. The number of non-ortho nitro benzene ring substituents is 1. The fourth-order valence-electron chi connectivity index (χ4n) is 3.73. The minimum absolute atomic E-state index is 0.0744. The molecule has 2 saturated heterocycles. The van der Waals surface area contributed by atoms with Crippen molar-refractivity contribution in [2.45, 2.75) is 38.3 Å². The van der Waals surface area contributed by atoms with Crippen molar-refractivity contribution in [3.63, 3.8) is 0 Å². The van der Waals surface area contributed by atoms with Crippen LogP contribution in [0.5, 0.6) is 0 Å². The minimum atomic E-state index is -1.14. The third-order valence-electron chi connectivity index (χ3n) is 5.34. The zero-order valence-electron chi connectivity index (χ0n) is 18.7. The van der Waals surface area contributed by atoms with Crippen LogP contribution in [0.15, 0.2) is 30.0 Å². The van der Waals surface area contributed by atoms with Crippen LogP contribution in [0, 0.1) is 10.1 Å². The Kier molecular flexibility index (Phi) is 8.30. The van der Waals surface area contributed by atoms with Crippen LogP contribution in [0.25, 0.3) is 6.08 Å². The zero-order chi connectivity index (χ0) is 24.7. The van der Waals surface area contributed by atoms with Crippen LogP contribution in [-0.2, 0) is 28.7 Å². The summed E-state index contributed by atoms with van der Waals surface area (Å²) in [4.78, 5) is 61.6. The van der Waals surface area contributed by atoms with Crippen LogP contribution in [0.2, 0.25) is 0 Å². The number of rotatable bonds is 8. The lowest BCUT2D eigenvalue weighted by atomic mass is 10.1. The van der Waals surface area contributed by atoms with Crippen molar-refractivity contribution in [3.8, 4) is 0 Å². The second kappa shape index (κ2) is 11.4. The highest BCUT2D eigenvalue weighted by atomic mass is 16.6. The zero-order valence-corrected chi connectivity index (χ0v) is 18.7. The van der Waals surface area contributed by atoms with Gasteiger partial charge in [0.1, 0.15) is 18.3 Å². The summed E-state index contributed by atoms with van der Waals surface area (Å²) in [6.07, 6.45) is 2.42. The van der Waals surface area contributed by atoms with E-state index in [1.54, 1.807) is 0 Å². The van der Waals surface area contributed by atoms with Gasteiger partial charge in [0.2, 0.25) is 11.8 Å². The topological polar surface area (TPSA) is 157 Å². The first kappa shape index (κ1) is 24.8. The molecule has 0 radical (unpaired) electrons. The van der Waals surface area contributed by atoms with Crippen molar-refractivity contribution in [1.29, 1.82) is 0 Å². The van der Waals surface area contributed by atoms with E-state index in [4.69, 9.17) is 9.47 Å². The number of carbonyl (C=O) groups is 4. The van der Waals surface area contributed by atoms with Gasteiger partial charge in [-0.1, -0.05) is 12.1 Å². The molecule has 0 aliphatic carbocycles. The first-order chi connectivity index (χ1) is 16.2. The number of esters is 1. The maximum atomic E-state index is 13.3. The van der Waals surface area contributed by atoms with Crippen molar-refractivity contribution in [2.75, 3.05) is 26.3 Å². The van der Waals surface area contributed by atoms with Crippen molar-refractivity contribution < 1.29 is 33.6 Å². The van der Waals surface area contributed by atoms with E-state index >= 15 is 0 Å². The highest BCUT2D eigenvalue weighted by molar-refractivity contribution is 6.03. The molecule has 12 nitrogen and oxygen atoms in total. The molecule has 3 amide bonds. The average Bonchev–Trinajstić information content (AvgIpc) is 3.32. The van der Waals surface area contributed by atoms with Gasteiger partial charge in [-0.15, -0.1) is 0 Å². The first-order valence-electron chi connectivity index (χ1n) is 10.8. The van der Waals surface area contributed by atoms with Gasteiger partial charge in [0.15, 0.2) is 0 Å². The number of amides is 3. The average molecular weight is 474 g/mol. The van der Waals surface area contributed by atoms with Gasteiger partial charge >= 0.3 is 5.97 Å². The van der Waals surface area contributed by atoms with Crippen LogP contribution < -0.4 is 10.6 Å². The van der Waals surface area contributed by atoms with Gasteiger partial charge in [0.05, 0.1) is 17.4 Å². The molecule has 0 aromatic heterocycles. The predicted molar refractivity (Wildman–Crippen MR) is 118 cm³/mol. The molecule has 12 heteroatoms. The van der Waals surface area contributed by atoms with E-state index < -0.39 is 34.7 Å².